The normalized spacial score (nSPS) is 14.5. The van der Waals surface area contributed by atoms with Crippen molar-refractivity contribution in [3.8, 4) is 5.75 Å². The number of anilines is 2. The van der Waals surface area contributed by atoms with Gasteiger partial charge in [0, 0.05) is 22.6 Å². The Morgan fingerprint density at radius 1 is 0.800 bits per heavy atom. The number of carbonyl (C=O) groups excluding carboxylic acids is 4. The highest BCUT2D eigenvalue weighted by Gasteiger charge is 2.40. The number of thioether (sulfide) groups is 1. The molecule has 0 aromatic heterocycles. The predicted octanol–water partition coefficient (Wildman–Crippen LogP) is 7.94. The number of amides is 4. The molecule has 0 aliphatic carbocycles. The fraction of sp³-hybridized carbons (Fsp3) is 0.0769. The third-order valence-corrected chi connectivity index (χ3v) is 8.77. The van der Waals surface area contributed by atoms with Crippen LogP contribution in [0.2, 0.25) is 0 Å². The lowest BCUT2D eigenvalue weighted by molar-refractivity contribution is -0.121. The summed E-state index contributed by atoms with van der Waals surface area (Å²) in [5.74, 6) is -0.958. The van der Waals surface area contributed by atoms with E-state index in [0.29, 0.717) is 33.9 Å². The van der Waals surface area contributed by atoms with Crippen molar-refractivity contribution in [2.24, 2.45) is 10.2 Å². The Morgan fingerprint density at radius 3 is 2.14 bits per heavy atom. The van der Waals surface area contributed by atoms with Gasteiger partial charge in [0.2, 0.25) is 11.8 Å². The van der Waals surface area contributed by atoms with Crippen LogP contribution in [-0.4, -0.2) is 36.0 Å². The third-order valence-electron chi connectivity index (χ3n) is 7.57. The van der Waals surface area contributed by atoms with Crippen LogP contribution in [0.3, 0.4) is 0 Å². The van der Waals surface area contributed by atoms with Gasteiger partial charge in [0.25, 0.3) is 11.8 Å². The fourth-order valence-electron chi connectivity index (χ4n) is 5.07. The average molecular weight is 682 g/mol. The van der Waals surface area contributed by atoms with E-state index < -0.39 is 17.1 Å². The quantitative estimate of drug-likeness (QED) is 0.0827. The maximum absolute atomic E-state index is 13.4. The highest BCUT2D eigenvalue weighted by atomic mass is 32.2. The van der Waals surface area contributed by atoms with Gasteiger partial charge < -0.3 is 15.4 Å². The molecule has 4 amide bonds. The summed E-state index contributed by atoms with van der Waals surface area (Å²) in [6.45, 7) is 0. The number of nitrogens with zero attached hydrogens (tertiary/aromatic N) is 3. The highest BCUT2D eigenvalue weighted by Crippen LogP contribution is 2.35. The lowest BCUT2D eigenvalue weighted by atomic mass is 10.1. The van der Waals surface area contributed by atoms with Crippen LogP contribution in [-0.2, 0) is 14.4 Å². The number of nitrogens with one attached hydrogen (secondary N) is 2. The zero-order valence-electron chi connectivity index (χ0n) is 26.9. The van der Waals surface area contributed by atoms with Crippen LogP contribution in [0.1, 0.15) is 22.3 Å². The number of ether oxygens (including phenoxy) is 1. The molecule has 5 aromatic carbocycles. The molecule has 1 atom stereocenters. The molecule has 1 saturated heterocycles. The van der Waals surface area contributed by atoms with Gasteiger partial charge in [-0.1, -0.05) is 48.5 Å². The molecule has 2 N–H and O–H groups in total. The van der Waals surface area contributed by atoms with Gasteiger partial charge in [-0.25, -0.2) is 4.90 Å². The Bertz CT molecular complexity index is 2070. The van der Waals surface area contributed by atoms with Crippen molar-refractivity contribution in [1.29, 1.82) is 0 Å². The maximum Gasteiger partial charge on any atom is 0.272 e. The number of carbonyl (C=O) groups is 4. The lowest BCUT2D eigenvalue weighted by Crippen LogP contribution is -2.31. The summed E-state index contributed by atoms with van der Waals surface area (Å²) in [6.07, 6.45) is 1.62. The van der Waals surface area contributed by atoms with Crippen molar-refractivity contribution in [1.82, 2.24) is 5.32 Å². The first-order valence-corrected chi connectivity index (χ1v) is 16.5. The summed E-state index contributed by atoms with van der Waals surface area (Å²) >= 11 is 1.28. The van der Waals surface area contributed by atoms with Crippen LogP contribution in [0.25, 0.3) is 6.08 Å². The lowest BCUT2D eigenvalue weighted by Gasteiger charge is -2.15. The molecular weight excluding hydrogens is 651 g/mol. The van der Waals surface area contributed by atoms with Crippen LogP contribution in [0.15, 0.2) is 154 Å². The molecule has 5 aromatic rings. The van der Waals surface area contributed by atoms with E-state index in [1.165, 1.54) is 16.7 Å². The number of rotatable bonds is 11. The van der Waals surface area contributed by atoms with Gasteiger partial charge in [0.05, 0.1) is 29.4 Å². The van der Waals surface area contributed by atoms with Crippen molar-refractivity contribution in [3.05, 3.63) is 150 Å². The van der Waals surface area contributed by atoms with E-state index in [-0.39, 0.29) is 23.9 Å². The summed E-state index contributed by atoms with van der Waals surface area (Å²) in [5, 5.41) is 13.4. The number of methoxy groups -OCH3 is 1. The number of imide groups is 1. The molecule has 1 aliphatic rings. The zero-order chi connectivity index (χ0) is 34.9. The molecule has 248 valence electrons. The minimum absolute atomic E-state index is 0.0352. The summed E-state index contributed by atoms with van der Waals surface area (Å²) < 4.78 is 5.30. The Labute approximate surface area is 292 Å². The van der Waals surface area contributed by atoms with Crippen molar-refractivity contribution in [2.45, 2.75) is 16.6 Å². The second-order valence-corrected chi connectivity index (χ2v) is 12.3. The first-order chi connectivity index (χ1) is 24.4. The zero-order valence-corrected chi connectivity index (χ0v) is 27.7. The number of hydrogen-bond donors (Lipinski definition) is 2. The molecule has 6 rings (SSSR count). The third kappa shape index (κ3) is 8.38. The molecule has 10 nitrogen and oxygen atoms in total. The molecular formula is C39H31N5O5S. The molecule has 0 spiro atoms. The van der Waals surface area contributed by atoms with Gasteiger partial charge in [-0.05, 0) is 96.6 Å². The first-order valence-electron chi connectivity index (χ1n) is 15.6. The molecule has 50 heavy (non-hydrogen) atoms. The molecule has 11 heteroatoms. The maximum atomic E-state index is 13.4. The molecule has 1 unspecified atom stereocenters. The summed E-state index contributed by atoms with van der Waals surface area (Å²) in [7, 11) is 1.55. The van der Waals surface area contributed by atoms with Gasteiger partial charge in [0.1, 0.15) is 11.4 Å². The molecule has 0 radical (unpaired) electrons. The largest absolute Gasteiger partial charge is 0.497 e. The monoisotopic (exact) mass is 681 g/mol. The molecule has 1 heterocycles. The van der Waals surface area contributed by atoms with Gasteiger partial charge in [-0.3, -0.25) is 19.2 Å². The molecule has 1 fully saturated rings. The van der Waals surface area contributed by atoms with Gasteiger partial charge in [0.15, 0.2) is 0 Å². The summed E-state index contributed by atoms with van der Waals surface area (Å²) in [6, 6.07) is 38.7. The van der Waals surface area contributed by atoms with Crippen LogP contribution in [0, 0.1) is 0 Å². The standard InChI is InChI=1S/C39H31N5O5S/c1-49-32-14-8-9-26(23-32)24-34(41-37(46)27-10-4-2-5-11-27)38(47)40-28-17-21-33(22-18-28)50-35-25-36(45)44(39(35)48)31-19-15-30(16-20-31)43-42-29-12-6-3-7-13-29/h2-24,35H,25H2,1H3,(H,40,47)(H,41,46)/b34-24-,43-42?. The van der Waals surface area contributed by atoms with Crippen LogP contribution in [0.5, 0.6) is 5.75 Å². The second kappa shape index (κ2) is 15.7. The van der Waals surface area contributed by atoms with Crippen LogP contribution >= 0.6 is 11.8 Å². The van der Waals surface area contributed by atoms with Crippen molar-refractivity contribution in [3.63, 3.8) is 0 Å². The minimum atomic E-state index is -0.606. The van der Waals surface area contributed by atoms with Gasteiger partial charge >= 0.3 is 0 Å². The van der Waals surface area contributed by atoms with Crippen LogP contribution < -0.4 is 20.3 Å². The van der Waals surface area contributed by atoms with Gasteiger partial charge in [-0.15, -0.1) is 11.8 Å². The smallest absolute Gasteiger partial charge is 0.272 e. The van der Waals surface area contributed by atoms with E-state index in [9.17, 15) is 19.2 Å². The Balaban J connectivity index is 1.10. The minimum Gasteiger partial charge on any atom is -0.497 e. The van der Waals surface area contributed by atoms with E-state index in [1.54, 1.807) is 116 Å². The number of benzene rings is 5. The van der Waals surface area contributed by atoms with Crippen molar-refractivity contribution >= 4 is 64.2 Å². The van der Waals surface area contributed by atoms with E-state index in [0.717, 1.165) is 10.6 Å². The number of azo groups is 1. The van der Waals surface area contributed by atoms with E-state index >= 15 is 0 Å². The van der Waals surface area contributed by atoms with Gasteiger partial charge in [-0.2, -0.15) is 10.2 Å². The Morgan fingerprint density at radius 2 is 1.46 bits per heavy atom. The van der Waals surface area contributed by atoms with Crippen molar-refractivity contribution < 1.29 is 23.9 Å². The summed E-state index contributed by atoms with van der Waals surface area (Å²) in [5.41, 5.74) is 3.35. The number of hydrogen-bond acceptors (Lipinski definition) is 8. The SMILES string of the molecule is COc1cccc(/C=C(\NC(=O)c2ccccc2)C(=O)Nc2ccc(SC3CC(=O)N(c4ccc(N=Nc5ccccc5)cc4)C3=O)cc2)c1. The van der Waals surface area contributed by atoms with E-state index in [1.807, 2.05) is 30.3 Å². The Hall–Kier alpha value is -6.33. The fourth-order valence-corrected chi connectivity index (χ4v) is 6.12. The molecule has 1 aliphatic heterocycles. The second-order valence-electron chi connectivity index (χ2n) is 11.1. The summed E-state index contributed by atoms with van der Waals surface area (Å²) in [4.78, 5) is 54.6. The first kappa shape index (κ1) is 33.6. The van der Waals surface area contributed by atoms with E-state index in [2.05, 4.69) is 20.9 Å². The highest BCUT2D eigenvalue weighted by molar-refractivity contribution is 8.00. The Kier molecular flexibility index (Phi) is 10.5. The molecule has 0 saturated carbocycles. The van der Waals surface area contributed by atoms with Crippen molar-refractivity contribution in [2.75, 3.05) is 17.3 Å². The van der Waals surface area contributed by atoms with E-state index in [4.69, 9.17) is 4.74 Å². The predicted molar refractivity (Wildman–Crippen MR) is 194 cm³/mol. The molecule has 0 bridgehead atoms. The van der Waals surface area contributed by atoms with Crippen LogP contribution in [0.4, 0.5) is 22.7 Å². The average Bonchev–Trinajstić information content (AvgIpc) is 3.43. The topological polar surface area (TPSA) is 130 Å².